The van der Waals surface area contributed by atoms with Crippen LogP contribution in [0.5, 0.6) is 11.5 Å². The molecule has 1 aliphatic heterocycles. The van der Waals surface area contributed by atoms with Crippen molar-refractivity contribution in [3.63, 3.8) is 0 Å². The van der Waals surface area contributed by atoms with Gasteiger partial charge >= 0.3 is 0 Å². The summed E-state index contributed by atoms with van der Waals surface area (Å²) >= 11 is 5.15. The summed E-state index contributed by atoms with van der Waals surface area (Å²) in [5, 5.41) is 2.99. The molecule has 108 valence electrons. The van der Waals surface area contributed by atoms with E-state index in [0.717, 1.165) is 40.1 Å². The first-order valence-electron chi connectivity index (χ1n) is 6.67. The second-order valence-corrected chi connectivity index (χ2v) is 6.76. The zero-order valence-electron chi connectivity index (χ0n) is 11.0. The lowest BCUT2D eigenvalue weighted by atomic mass is 10.2. The summed E-state index contributed by atoms with van der Waals surface area (Å²) in [7, 11) is 0. The average molecular weight is 358 g/mol. The fourth-order valence-electron chi connectivity index (χ4n) is 1.97. The maximum absolute atomic E-state index is 11.6. The van der Waals surface area contributed by atoms with Gasteiger partial charge in [-0.05, 0) is 30.5 Å². The predicted octanol–water partition coefficient (Wildman–Crippen LogP) is 2.73. The molecule has 6 heteroatoms. The Morgan fingerprint density at radius 3 is 2.70 bits per heavy atom. The number of carbonyl (C=O) groups excluding carboxylic acids is 1. The van der Waals surface area contributed by atoms with E-state index < -0.39 is 0 Å². The van der Waals surface area contributed by atoms with Gasteiger partial charge in [0.25, 0.3) is 0 Å². The summed E-state index contributed by atoms with van der Waals surface area (Å²) in [5.74, 6) is 2.97. The van der Waals surface area contributed by atoms with E-state index in [0.29, 0.717) is 25.0 Å². The van der Waals surface area contributed by atoms with Gasteiger partial charge in [0.15, 0.2) is 11.5 Å². The zero-order valence-corrected chi connectivity index (χ0v) is 13.4. The molecule has 1 aromatic rings. The molecular weight excluding hydrogens is 342 g/mol. The summed E-state index contributed by atoms with van der Waals surface area (Å²) in [6, 6.07) is 4.36. The Labute approximate surface area is 130 Å². The third kappa shape index (κ3) is 3.61. The van der Waals surface area contributed by atoms with Crippen LogP contribution in [0.25, 0.3) is 0 Å². The van der Waals surface area contributed by atoms with Crippen LogP contribution in [-0.4, -0.2) is 30.9 Å². The van der Waals surface area contributed by atoms with Gasteiger partial charge in [-0.2, -0.15) is 0 Å². The lowest BCUT2D eigenvalue weighted by Crippen LogP contribution is -2.27. The molecule has 1 aliphatic carbocycles. The number of carbonyl (C=O) groups is 1. The van der Waals surface area contributed by atoms with Crippen LogP contribution in [0.3, 0.4) is 0 Å². The Morgan fingerprint density at radius 1 is 1.30 bits per heavy atom. The van der Waals surface area contributed by atoms with Gasteiger partial charge in [0, 0.05) is 16.3 Å². The molecule has 1 amide bonds. The number of rotatable bonds is 5. The maximum atomic E-state index is 11.6. The van der Waals surface area contributed by atoms with Crippen molar-refractivity contribution >= 4 is 33.6 Å². The topological polar surface area (TPSA) is 47.6 Å². The minimum atomic E-state index is 0.131. The van der Waals surface area contributed by atoms with Crippen molar-refractivity contribution in [1.29, 1.82) is 0 Å². The number of thioether (sulfide) groups is 1. The Balaban J connectivity index is 1.55. The summed E-state index contributed by atoms with van der Waals surface area (Å²) in [6.07, 6.45) is 2.26. The molecule has 1 N–H and O–H groups in total. The van der Waals surface area contributed by atoms with Crippen LogP contribution in [-0.2, 0) is 10.5 Å². The number of benzene rings is 1. The van der Waals surface area contributed by atoms with Crippen LogP contribution in [0, 0.1) is 0 Å². The van der Waals surface area contributed by atoms with Gasteiger partial charge in [0.05, 0.1) is 5.75 Å². The highest BCUT2D eigenvalue weighted by molar-refractivity contribution is 9.10. The molecule has 0 saturated heterocycles. The quantitative estimate of drug-likeness (QED) is 0.879. The van der Waals surface area contributed by atoms with Gasteiger partial charge in [-0.25, -0.2) is 0 Å². The van der Waals surface area contributed by atoms with Gasteiger partial charge in [0.1, 0.15) is 13.2 Å². The number of hydrogen-bond acceptors (Lipinski definition) is 4. The zero-order chi connectivity index (χ0) is 13.9. The van der Waals surface area contributed by atoms with Crippen molar-refractivity contribution in [3.8, 4) is 11.5 Å². The van der Waals surface area contributed by atoms with Crippen molar-refractivity contribution in [2.45, 2.75) is 24.6 Å². The monoisotopic (exact) mass is 357 g/mol. The van der Waals surface area contributed by atoms with Crippen LogP contribution in [0.2, 0.25) is 0 Å². The van der Waals surface area contributed by atoms with E-state index >= 15 is 0 Å². The average Bonchev–Trinajstić information content (AvgIpc) is 3.23. The molecule has 1 aromatic carbocycles. The normalized spacial score (nSPS) is 16.9. The van der Waals surface area contributed by atoms with Crippen LogP contribution in [0.15, 0.2) is 16.6 Å². The fraction of sp³-hybridized carbons (Fsp3) is 0.500. The lowest BCUT2D eigenvalue weighted by molar-refractivity contribution is -0.118. The first-order valence-corrected chi connectivity index (χ1v) is 8.62. The largest absolute Gasteiger partial charge is 0.486 e. The SMILES string of the molecule is O=C(CSCc1cc2c(cc1Br)OCCO2)NC1CC1. The first kappa shape index (κ1) is 14.1. The van der Waals surface area contributed by atoms with Crippen LogP contribution in [0.4, 0.5) is 0 Å². The van der Waals surface area contributed by atoms with Gasteiger partial charge in [-0.3, -0.25) is 4.79 Å². The number of hydrogen-bond donors (Lipinski definition) is 1. The van der Waals surface area contributed by atoms with Crippen LogP contribution >= 0.6 is 27.7 Å². The third-order valence-electron chi connectivity index (χ3n) is 3.14. The maximum Gasteiger partial charge on any atom is 0.230 e. The molecule has 0 atom stereocenters. The van der Waals surface area contributed by atoms with E-state index in [1.807, 2.05) is 12.1 Å². The second-order valence-electron chi connectivity index (χ2n) is 4.92. The minimum Gasteiger partial charge on any atom is -0.486 e. The van der Waals surface area contributed by atoms with Crippen molar-refractivity contribution in [3.05, 3.63) is 22.2 Å². The van der Waals surface area contributed by atoms with E-state index in [-0.39, 0.29) is 5.91 Å². The highest BCUT2D eigenvalue weighted by Gasteiger charge is 2.23. The molecule has 4 nitrogen and oxygen atoms in total. The van der Waals surface area contributed by atoms with Crippen molar-refractivity contribution in [2.75, 3.05) is 19.0 Å². The molecular formula is C14H16BrNO3S. The molecule has 0 bridgehead atoms. The Kier molecular flexibility index (Phi) is 4.41. The Hall–Kier alpha value is -0.880. The molecule has 0 radical (unpaired) electrons. The van der Waals surface area contributed by atoms with E-state index in [1.54, 1.807) is 11.8 Å². The molecule has 20 heavy (non-hydrogen) atoms. The summed E-state index contributed by atoms with van der Waals surface area (Å²) in [4.78, 5) is 11.6. The number of halogens is 1. The highest BCUT2D eigenvalue weighted by atomic mass is 79.9. The van der Waals surface area contributed by atoms with E-state index in [4.69, 9.17) is 9.47 Å². The molecule has 2 aliphatic rings. The van der Waals surface area contributed by atoms with E-state index in [9.17, 15) is 4.79 Å². The molecule has 3 rings (SSSR count). The number of amides is 1. The lowest BCUT2D eigenvalue weighted by Gasteiger charge is -2.19. The standard InChI is InChI=1S/C14H16BrNO3S/c15-11-6-13-12(18-3-4-19-13)5-9(11)7-20-8-14(17)16-10-1-2-10/h5-6,10H,1-4,7-8H2,(H,16,17). The van der Waals surface area contributed by atoms with Crippen molar-refractivity contribution in [2.24, 2.45) is 0 Å². The summed E-state index contributed by atoms with van der Waals surface area (Å²) in [5.41, 5.74) is 1.12. The fourth-order valence-corrected chi connectivity index (χ4v) is 3.45. The smallest absolute Gasteiger partial charge is 0.230 e. The third-order valence-corrected chi connectivity index (χ3v) is 4.86. The molecule has 1 saturated carbocycles. The number of nitrogens with one attached hydrogen (secondary N) is 1. The summed E-state index contributed by atoms with van der Waals surface area (Å²) in [6.45, 7) is 1.18. The molecule has 1 fully saturated rings. The summed E-state index contributed by atoms with van der Waals surface area (Å²) < 4.78 is 12.1. The Bertz CT molecular complexity index is 519. The van der Waals surface area contributed by atoms with Gasteiger partial charge in [0.2, 0.25) is 5.91 Å². The van der Waals surface area contributed by atoms with Crippen LogP contribution < -0.4 is 14.8 Å². The van der Waals surface area contributed by atoms with E-state index in [2.05, 4.69) is 21.2 Å². The first-order chi connectivity index (χ1) is 9.72. The minimum absolute atomic E-state index is 0.131. The molecule has 0 spiro atoms. The van der Waals surface area contributed by atoms with Crippen molar-refractivity contribution < 1.29 is 14.3 Å². The predicted molar refractivity (Wildman–Crippen MR) is 82.5 cm³/mol. The number of fused-ring (bicyclic) bond motifs is 1. The van der Waals surface area contributed by atoms with Gasteiger partial charge in [-0.1, -0.05) is 15.9 Å². The van der Waals surface area contributed by atoms with E-state index in [1.165, 1.54) is 0 Å². The highest BCUT2D eigenvalue weighted by Crippen LogP contribution is 2.36. The van der Waals surface area contributed by atoms with Gasteiger partial charge < -0.3 is 14.8 Å². The Morgan fingerprint density at radius 2 is 2.00 bits per heavy atom. The number of ether oxygens (including phenoxy) is 2. The van der Waals surface area contributed by atoms with Gasteiger partial charge in [-0.15, -0.1) is 11.8 Å². The van der Waals surface area contributed by atoms with Crippen molar-refractivity contribution in [1.82, 2.24) is 5.32 Å². The molecule has 1 heterocycles. The molecule has 0 unspecified atom stereocenters. The van der Waals surface area contributed by atoms with Crippen LogP contribution in [0.1, 0.15) is 18.4 Å². The second kappa shape index (κ2) is 6.26. The molecule has 0 aromatic heterocycles.